The monoisotopic (exact) mass is 313 g/mol. The van der Waals surface area contributed by atoms with Crippen molar-refractivity contribution in [1.82, 2.24) is 0 Å². The molecule has 0 atom stereocenters. The van der Waals surface area contributed by atoms with Gasteiger partial charge in [-0.2, -0.15) is 0 Å². The second kappa shape index (κ2) is 7.77. The Morgan fingerprint density at radius 2 is 1.87 bits per heavy atom. The van der Waals surface area contributed by atoms with E-state index in [-0.39, 0.29) is 0 Å². The van der Waals surface area contributed by atoms with Crippen LogP contribution in [0.1, 0.15) is 25.3 Å². The highest BCUT2D eigenvalue weighted by Gasteiger charge is 2.11. The van der Waals surface area contributed by atoms with Crippen molar-refractivity contribution >= 4 is 5.69 Å². The van der Waals surface area contributed by atoms with Gasteiger partial charge in [0.05, 0.1) is 6.61 Å². The van der Waals surface area contributed by atoms with Crippen molar-refractivity contribution < 1.29 is 14.2 Å². The van der Waals surface area contributed by atoms with Crippen LogP contribution in [0.4, 0.5) is 5.69 Å². The van der Waals surface area contributed by atoms with E-state index in [9.17, 15) is 0 Å². The number of hydrogen-bond donors (Lipinski definition) is 1. The minimum atomic E-state index is 0.602. The summed E-state index contributed by atoms with van der Waals surface area (Å²) in [5.41, 5.74) is 2.16. The third-order valence-corrected chi connectivity index (χ3v) is 3.75. The van der Waals surface area contributed by atoms with Gasteiger partial charge in [0.15, 0.2) is 11.5 Å². The molecule has 0 saturated carbocycles. The SMILES string of the molecule is CCCCOc1ccccc1CNc1ccc2c(c1)OCCO2. The summed E-state index contributed by atoms with van der Waals surface area (Å²) in [5.74, 6) is 2.56. The first-order valence-corrected chi connectivity index (χ1v) is 8.21. The second-order valence-corrected chi connectivity index (χ2v) is 5.52. The molecule has 0 aliphatic carbocycles. The van der Waals surface area contributed by atoms with Crippen molar-refractivity contribution in [3.8, 4) is 17.2 Å². The van der Waals surface area contributed by atoms with Crippen LogP contribution >= 0.6 is 0 Å². The number of fused-ring (bicyclic) bond motifs is 1. The molecule has 0 fully saturated rings. The Labute approximate surface area is 137 Å². The number of rotatable bonds is 7. The van der Waals surface area contributed by atoms with Crippen LogP contribution in [0.25, 0.3) is 0 Å². The molecule has 1 aliphatic rings. The van der Waals surface area contributed by atoms with Crippen molar-refractivity contribution in [3.63, 3.8) is 0 Å². The highest BCUT2D eigenvalue weighted by atomic mass is 16.6. The lowest BCUT2D eigenvalue weighted by Crippen LogP contribution is -2.15. The molecule has 0 spiro atoms. The average Bonchev–Trinajstić information content (AvgIpc) is 2.61. The summed E-state index contributed by atoms with van der Waals surface area (Å²) in [6, 6.07) is 14.1. The molecular weight excluding hydrogens is 290 g/mol. The highest BCUT2D eigenvalue weighted by molar-refractivity contribution is 5.55. The van der Waals surface area contributed by atoms with Gasteiger partial charge in [-0.05, 0) is 24.6 Å². The molecule has 0 saturated heterocycles. The van der Waals surface area contributed by atoms with Gasteiger partial charge in [0.2, 0.25) is 0 Å². The summed E-state index contributed by atoms with van der Waals surface area (Å²) in [5, 5.41) is 3.43. The van der Waals surface area contributed by atoms with E-state index in [2.05, 4.69) is 18.3 Å². The lowest BCUT2D eigenvalue weighted by atomic mass is 10.2. The maximum absolute atomic E-state index is 5.87. The van der Waals surface area contributed by atoms with Crippen LogP contribution in [0.3, 0.4) is 0 Å². The first kappa shape index (κ1) is 15.5. The Bertz CT molecular complexity index is 642. The van der Waals surface area contributed by atoms with Gasteiger partial charge in [0, 0.05) is 23.9 Å². The molecule has 4 nitrogen and oxygen atoms in total. The first-order valence-electron chi connectivity index (χ1n) is 8.21. The van der Waals surface area contributed by atoms with Gasteiger partial charge in [0.25, 0.3) is 0 Å². The predicted molar refractivity (Wildman–Crippen MR) is 91.6 cm³/mol. The van der Waals surface area contributed by atoms with Gasteiger partial charge >= 0.3 is 0 Å². The summed E-state index contributed by atoms with van der Waals surface area (Å²) < 4.78 is 17.0. The molecule has 0 unspecified atom stereocenters. The smallest absolute Gasteiger partial charge is 0.163 e. The van der Waals surface area contributed by atoms with Gasteiger partial charge < -0.3 is 19.5 Å². The zero-order valence-corrected chi connectivity index (χ0v) is 13.5. The standard InChI is InChI=1S/C19H23NO3/c1-2-3-10-21-17-7-5-4-6-15(17)14-20-16-8-9-18-19(13-16)23-12-11-22-18/h4-9,13,20H,2-3,10-12,14H2,1H3. The zero-order valence-electron chi connectivity index (χ0n) is 13.5. The van der Waals surface area contributed by atoms with Crippen LogP contribution in [0, 0.1) is 0 Å². The van der Waals surface area contributed by atoms with E-state index < -0.39 is 0 Å². The molecule has 122 valence electrons. The highest BCUT2D eigenvalue weighted by Crippen LogP contribution is 2.33. The largest absolute Gasteiger partial charge is 0.493 e. The number of nitrogens with one attached hydrogen (secondary N) is 1. The number of benzene rings is 2. The van der Waals surface area contributed by atoms with Crippen LogP contribution in [0.2, 0.25) is 0 Å². The Morgan fingerprint density at radius 3 is 2.74 bits per heavy atom. The molecule has 3 rings (SSSR count). The Kier molecular flexibility index (Phi) is 5.25. The molecule has 1 heterocycles. The van der Waals surface area contributed by atoms with Gasteiger partial charge in [-0.3, -0.25) is 0 Å². The quantitative estimate of drug-likeness (QED) is 0.776. The van der Waals surface area contributed by atoms with E-state index in [4.69, 9.17) is 14.2 Å². The Hall–Kier alpha value is -2.36. The number of unbranched alkanes of at least 4 members (excludes halogenated alkanes) is 1. The Balaban J connectivity index is 1.64. The molecule has 2 aromatic carbocycles. The zero-order chi connectivity index (χ0) is 15.9. The molecule has 0 amide bonds. The fourth-order valence-corrected chi connectivity index (χ4v) is 2.47. The average molecular weight is 313 g/mol. The van der Waals surface area contributed by atoms with E-state index >= 15 is 0 Å². The Morgan fingerprint density at radius 1 is 1.04 bits per heavy atom. The lowest BCUT2D eigenvalue weighted by molar-refractivity contribution is 0.171. The molecule has 1 N–H and O–H groups in total. The van der Waals surface area contributed by atoms with Crippen molar-refractivity contribution in [1.29, 1.82) is 0 Å². The van der Waals surface area contributed by atoms with Gasteiger partial charge in [-0.1, -0.05) is 31.5 Å². The normalized spacial score (nSPS) is 12.7. The van der Waals surface area contributed by atoms with Crippen LogP contribution < -0.4 is 19.5 Å². The van der Waals surface area contributed by atoms with Crippen molar-refractivity contribution in [2.24, 2.45) is 0 Å². The molecule has 23 heavy (non-hydrogen) atoms. The number of hydrogen-bond acceptors (Lipinski definition) is 4. The molecule has 0 radical (unpaired) electrons. The molecule has 0 bridgehead atoms. The van der Waals surface area contributed by atoms with E-state index in [0.717, 1.165) is 47.9 Å². The molecule has 1 aliphatic heterocycles. The van der Waals surface area contributed by atoms with E-state index in [1.165, 1.54) is 0 Å². The lowest BCUT2D eigenvalue weighted by Gasteiger charge is -2.19. The van der Waals surface area contributed by atoms with Crippen molar-refractivity contribution in [3.05, 3.63) is 48.0 Å². The fraction of sp³-hybridized carbons (Fsp3) is 0.368. The molecule has 0 aromatic heterocycles. The van der Waals surface area contributed by atoms with Gasteiger partial charge in [0.1, 0.15) is 19.0 Å². The maximum Gasteiger partial charge on any atom is 0.163 e. The molecule has 4 heteroatoms. The van der Waals surface area contributed by atoms with Crippen LogP contribution in [0.5, 0.6) is 17.2 Å². The van der Waals surface area contributed by atoms with E-state index in [1.54, 1.807) is 0 Å². The summed E-state index contributed by atoms with van der Waals surface area (Å²) in [6.07, 6.45) is 2.21. The maximum atomic E-state index is 5.87. The van der Waals surface area contributed by atoms with Crippen LogP contribution in [0.15, 0.2) is 42.5 Å². The van der Waals surface area contributed by atoms with Crippen LogP contribution in [-0.2, 0) is 6.54 Å². The third kappa shape index (κ3) is 4.09. The van der Waals surface area contributed by atoms with Gasteiger partial charge in [-0.15, -0.1) is 0 Å². The number of anilines is 1. The van der Waals surface area contributed by atoms with E-state index in [0.29, 0.717) is 19.8 Å². The second-order valence-electron chi connectivity index (χ2n) is 5.52. The molecule has 2 aromatic rings. The number of ether oxygens (including phenoxy) is 3. The van der Waals surface area contributed by atoms with Gasteiger partial charge in [-0.25, -0.2) is 0 Å². The summed E-state index contributed by atoms with van der Waals surface area (Å²) >= 11 is 0. The minimum Gasteiger partial charge on any atom is -0.493 e. The minimum absolute atomic E-state index is 0.602. The fourth-order valence-electron chi connectivity index (χ4n) is 2.47. The third-order valence-electron chi connectivity index (χ3n) is 3.75. The van der Waals surface area contributed by atoms with Crippen molar-refractivity contribution in [2.45, 2.75) is 26.3 Å². The van der Waals surface area contributed by atoms with Crippen molar-refractivity contribution in [2.75, 3.05) is 25.1 Å². The topological polar surface area (TPSA) is 39.7 Å². The molecular formula is C19H23NO3. The van der Waals surface area contributed by atoms with E-state index in [1.807, 2.05) is 36.4 Å². The van der Waals surface area contributed by atoms with Crippen LogP contribution in [-0.4, -0.2) is 19.8 Å². The first-order chi connectivity index (χ1) is 11.4. The number of para-hydroxylation sites is 1. The summed E-state index contributed by atoms with van der Waals surface area (Å²) in [6.45, 7) is 4.85. The summed E-state index contributed by atoms with van der Waals surface area (Å²) in [7, 11) is 0. The predicted octanol–water partition coefficient (Wildman–Crippen LogP) is 4.25. The summed E-state index contributed by atoms with van der Waals surface area (Å²) in [4.78, 5) is 0.